The van der Waals surface area contributed by atoms with Gasteiger partial charge in [0.2, 0.25) is 0 Å². The molecule has 1 amide bonds. The lowest BCUT2D eigenvalue weighted by Crippen LogP contribution is -2.42. The Balaban J connectivity index is 1.76. The Morgan fingerprint density at radius 2 is 1.85 bits per heavy atom. The third kappa shape index (κ3) is 4.12. The van der Waals surface area contributed by atoms with Crippen LogP contribution in [0.1, 0.15) is 46.7 Å². The summed E-state index contributed by atoms with van der Waals surface area (Å²) in [5, 5.41) is 9.18. The molecule has 0 saturated carbocycles. The van der Waals surface area contributed by atoms with Crippen molar-refractivity contribution in [1.29, 1.82) is 0 Å². The minimum atomic E-state index is -1.00. The first-order valence-electron chi connectivity index (χ1n) is 8.76. The number of carbonyl (C=O) groups excluding carboxylic acids is 1. The fraction of sp³-hybridized carbons (Fsp3) is 0.400. The van der Waals surface area contributed by atoms with Crippen molar-refractivity contribution >= 4 is 23.6 Å². The van der Waals surface area contributed by atoms with Gasteiger partial charge in [-0.2, -0.15) is 0 Å². The lowest BCUT2D eigenvalue weighted by molar-refractivity contribution is 0.0619. The van der Waals surface area contributed by atoms with E-state index in [1.54, 1.807) is 0 Å². The van der Waals surface area contributed by atoms with E-state index in [0.717, 1.165) is 24.4 Å². The predicted molar refractivity (Wildman–Crippen MR) is 101 cm³/mol. The van der Waals surface area contributed by atoms with Gasteiger partial charge in [0.25, 0.3) is 5.91 Å². The van der Waals surface area contributed by atoms with E-state index in [4.69, 9.17) is 4.42 Å². The van der Waals surface area contributed by atoms with Crippen molar-refractivity contribution in [2.24, 2.45) is 11.8 Å². The van der Waals surface area contributed by atoms with Crippen LogP contribution in [0.15, 0.2) is 45.9 Å². The standard InChI is InChI=1S/C20H23NO4S/c1-13-9-14(2)11-21(10-13)19(22)16-5-3-4-6-18(16)26-12-17-15(20(23)24)7-8-25-17/h3-8,13-14H,9-12H2,1-2H3,(H,23,24). The summed E-state index contributed by atoms with van der Waals surface area (Å²) in [7, 11) is 0. The summed E-state index contributed by atoms with van der Waals surface area (Å²) >= 11 is 1.43. The fourth-order valence-corrected chi connectivity index (χ4v) is 4.55. The van der Waals surface area contributed by atoms with E-state index < -0.39 is 5.97 Å². The maximum Gasteiger partial charge on any atom is 0.339 e. The van der Waals surface area contributed by atoms with Gasteiger partial charge in [-0.05, 0) is 36.5 Å². The smallest absolute Gasteiger partial charge is 0.339 e. The number of hydrogen-bond acceptors (Lipinski definition) is 4. The molecule has 6 heteroatoms. The Morgan fingerprint density at radius 1 is 1.15 bits per heavy atom. The number of thioether (sulfide) groups is 1. The Kier molecular flexibility index (Phi) is 5.71. The fourth-order valence-electron chi connectivity index (χ4n) is 3.55. The highest BCUT2D eigenvalue weighted by Gasteiger charge is 2.27. The first kappa shape index (κ1) is 18.6. The van der Waals surface area contributed by atoms with Crippen LogP contribution in [0.4, 0.5) is 0 Å². The van der Waals surface area contributed by atoms with E-state index >= 15 is 0 Å². The third-order valence-corrected chi connectivity index (χ3v) is 5.68. The van der Waals surface area contributed by atoms with Crippen LogP contribution >= 0.6 is 11.8 Å². The number of piperidine rings is 1. The van der Waals surface area contributed by atoms with E-state index in [9.17, 15) is 14.7 Å². The third-order valence-electron chi connectivity index (χ3n) is 4.61. The minimum absolute atomic E-state index is 0.0457. The molecule has 1 N–H and O–H groups in total. The molecule has 0 spiro atoms. The molecule has 1 aromatic heterocycles. The normalized spacial score (nSPS) is 20.2. The summed E-state index contributed by atoms with van der Waals surface area (Å²) in [5.41, 5.74) is 0.835. The van der Waals surface area contributed by atoms with Crippen molar-refractivity contribution in [2.45, 2.75) is 30.9 Å². The van der Waals surface area contributed by atoms with Crippen molar-refractivity contribution in [1.82, 2.24) is 4.90 Å². The van der Waals surface area contributed by atoms with Gasteiger partial charge >= 0.3 is 5.97 Å². The number of benzene rings is 1. The van der Waals surface area contributed by atoms with Crippen LogP contribution in [0.3, 0.4) is 0 Å². The SMILES string of the molecule is CC1CC(C)CN(C(=O)c2ccccc2SCc2occc2C(=O)O)C1. The van der Waals surface area contributed by atoms with E-state index in [2.05, 4.69) is 13.8 Å². The molecule has 0 aliphatic carbocycles. The number of rotatable bonds is 5. The second-order valence-corrected chi connectivity index (χ2v) is 8.02. The van der Waals surface area contributed by atoms with Crippen LogP contribution in [0.25, 0.3) is 0 Å². The minimum Gasteiger partial charge on any atom is -0.478 e. The van der Waals surface area contributed by atoms with Gasteiger partial charge in [0.05, 0.1) is 17.6 Å². The summed E-state index contributed by atoms with van der Waals surface area (Å²) in [5.74, 6) is 0.822. The molecule has 2 atom stereocenters. The number of likely N-dealkylation sites (tertiary alicyclic amines) is 1. The molecule has 2 heterocycles. The number of carboxylic acids is 1. The Hall–Kier alpha value is -2.21. The van der Waals surface area contributed by atoms with Gasteiger partial charge in [0.15, 0.2) is 0 Å². The molecule has 0 radical (unpaired) electrons. The number of nitrogens with zero attached hydrogens (tertiary/aromatic N) is 1. The van der Waals surface area contributed by atoms with Gasteiger partial charge in [-0.25, -0.2) is 4.79 Å². The van der Waals surface area contributed by atoms with E-state index in [1.165, 1.54) is 24.1 Å². The van der Waals surface area contributed by atoms with Crippen LogP contribution in [0.5, 0.6) is 0 Å². The molecule has 1 saturated heterocycles. The molecule has 2 unspecified atom stereocenters. The Morgan fingerprint density at radius 3 is 2.54 bits per heavy atom. The number of furan rings is 1. The monoisotopic (exact) mass is 373 g/mol. The molecule has 2 aromatic rings. The predicted octanol–water partition coefficient (Wildman–Crippen LogP) is 4.39. The summed E-state index contributed by atoms with van der Waals surface area (Å²) < 4.78 is 5.30. The first-order chi connectivity index (χ1) is 12.5. The van der Waals surface area contributed by atoms with Gasteiger partial charge in [-0.3, -0.25) is 4.79 Å². The van der Waals surface area contributed by atoms with Crippen molar-refractivity contribution in [3.63, 3.8) is 0 Å². The molecule has 0 bridgehead atoms. The molecule has 1 aromatic carbocycles. The quantitative estimate of drug-likeness (QED) is 0.787. The number of hydrogen-bond donors (Lipinski definition) is 1. The molecule has 138 valence electrons. The molecule has 1 aliphatic heterocycles. The van der Waals surface area contributed by atoms with E-state index in [0.29, 0.717) is 28.9 Å². The number of aromatic carboxylic acids is 1. The van der Waals surface area contributed by atoms with Crippen LogP contribution in [-0.4, -0.2) is 35.0 Å². The van der Waals surface area contributed by atoms with Crippen LogP contribution in [0.2, 0.25) is 0 Å². The second-order valence-electron chi connectivity index (χ2n) is 7.00. The zero-order chi connectivity index (χ0) is 18.7. The molecule has 5 nitrogen and oxygen atoms in total. The van der Waals surface area contributed by atoms with Crippen molar-refractivity contribution in [3.8, 4) is 0 Å². The van der Waals surface area contributed by atoms with Crippen LogP contribution in [-0.2, 0) is 5.75 Å². The maximum atomic E-state index is 13.0. The average molecular weight is 373 g/mol. The zero-order valence-electron chi connectivity index (χ0n) is 15.0. The number of amides is 1. The number of carboxylic acid groups (broad SMARTS) is 1. The van der Waals surface area contributed by atoms with Crippen LogP contribution in [0, 0.1) is 11.8 Å². The lowest BCUT2D eigenvalue weighted by atomic mass is 9.91. The summed E-state index contributed by atoms with van der Waals surface area (Å²) in [4.78, 5) is 27.0. The molecule has 1 aliphatic rings. The summed E-state index contributed by atoms with van der Waals surface area (Å²) in [6.45, 7) is 5.93. The number of carbonyl (C=O) groups is 2. The first-order valence-corrected chi connectivity index (χ1v) is 9.75. The van der Waals surface area contributed by atoms with Crippen molar-refractivity contribution in [2.75, 3.05) is 13.1 Å². The van der Waals surface area contributed by atoms with Gasteiger partial charge in [0, 0.05) is 18.0 Å². The highest BCUT2D eigenvalue weighted by Crippen LogP contribution is 2.30. The zero-order valence-corrected chi connectivity index (χ0v) is 15.8. The molecule has 26 heavy (non-hydrogen) atoms. The topological polar surface area (TPSA) is 70.8 Å². The van der Waals surface area contributed by atoms with Crippen molar-refractivity contribution < 1.29 is 19.1 Å². The van der Waals surface area contributed by atoms with E-state index in [1.807, 2.05) is 29.2 Å². The molecule has 3 rings (SSSR count). The maximum absolute atomic E-state index is 13.0. The van der Waals surface area contributed by atoms with Gasteiger partial charge < -0.3 is 14.4 Å². The highest BCUT2D eigenvalue weighted by atomic mass is 32.2. The van der Waals surface area contributed by atoms with Gasteiger partial charge in [0.1, 0.15) is 11.3 Å². The second kappa shape index (κ2) is 7.99. The van der Waals surface area contributed by atoms with Gasteiger partial charge in [-0.1, -0.05) is 26.0 Å². The summed E-state index contributed by atoms with van der Waals surface area (Å²) in [6.07, 6.45) is 2.53. The van der Waals surface area contributed by atoms with Crippen LogP contribution < -0.4 is 0 Å². The largest absolute Gasteiger partial charge is 0.478 e. The van der Waals surface area contributed by atoms with Crippen molar-refractivity contribution in [3.05, 3.63) is 53.5 Å². The van der Waals surface area contributed by atoms with Gasteiger partial charge in [-0.15, -0.1) is 11.8 Å². The molecule has 1 fully saturated rings. The average Bonchev–Trinajstić information content (AvgIpc) is 3.07. The lowest BCUT2D eigenvalue weighted by Gasteiger charge is -2.35. The Bertz CT molecular complexity index is 791. The Labute approximate surface area is 157 Å². The molecular formula is C20H23NO4S. The highest BCUT2D eigenvalue weighted by molar-refractivity contribution is 7.98. The molecular weight excluding hydrogens is 350 g/mol. The summed E-state index contributed by atoms with van der Waals surface area (Å²) in [6, 6.07) is 8.95. The van der Waals surface area contributed by atoms with E-state index in [-0.39, 0.29) is 11.5 Å².